The molecular weight excluding hydrogens is 347 g/mol. The van der Waals surface area contributed by atoms with E-state index in [9.17, 15) is 14.0 Å². The summed E-state index contributed by atoms with van der Waals surface area (Å²) in [5, 5.41) is 9.19. The molecule has 1 aromatic heterocycles. The van der Waals surface area contributed by atoms with E-state index in [-0.39, 0.29) is 17.4 Å². The molecule has 9 heteroatoms. The summed E-state index contributed by atoms with van der Waals surface area (Å²) < 4.78 is 19.3. The molecule has 0 spiro atoms. The van der Waals surface area contributed by atoms with Crippen LogP contribution in [0.25, 0.3) is 0 Å². The molecule has 7 nitrogen and oxygen atoms in total. The van der Waals surface area contributed by atoms with Crippen molar-refractivity contribution in [1.82, 2.24) is 20.1 Å². The van der Waals surface area contributed by atoms with Gasteiger partial charge in [0, 0.05) is 26.8 Å². The topological polar surface area (TPSA) is 89.0 Å². The summed E-state index contributed by atoms with van der Waals surface area (Å²) >= 11 is 1.20. The van der Waals surface area contributed by atoms with Crippen molar-refractivity contribution in [3.63, 3.8) is 0 Å². The third kappa shape index (κ3) is 5.71. The summed E-state index contributed by atoms with van der Waals surface area (Å²) in [5.41, 5.74) is 0.501. The highest BCUT2D eigenvalue weighted by Crippen LogP contribution is 2.20. The Morgan fingerprint density at radius 1 is 1.44 bits per heavy atom. The molecule has 1 aromatic carbocycles. The number of aromatic amines is 1. The van der Waals surface area contributed by atoms with Gasteiger partial charge in [0.25, 0.3) is 0 Å². The number of rotatable bonds is 9. The molecule has 0 aliphatic heterocycles. The Hall–Kier alpha value is -2.13. The fourth-order valence-corrected chi connectivity index (χ4v) is 3.01. The standard InChI is InChI=1S/C16H21FN4O3S/c1-11(14(22)18-10-12-4-6-13(17)7-5-12)25-16-20-19-15(23)21(16)8-3-9-24-2/h4-7,11H,3,8-10H2,1-2H3,(H,18,22)(H,19,23)/t11-/m0/s1. The molecule has 0 radical (unpaired) electrons. The molecular formula is C16H21FN4O3S. The van der Waals surface area contributed by atoms with Gasteiger partial charge in [0.1, 0.15) is 5.82 Å². The van der Waals surface area contributed by atoms with Crippen LogP contribution in [0.5, 0.6) is 0 Å². The Bertz CT molecular complexity index is 745. The number of methoxy groups -OCH3 is 1. The number of aromatic nitrogens is 3. The molecule has 0 fully saturated rings. The number of H-pyrrole nitrogens is 1. The molecule has 0 saturated carbocycles. The van der Waals surface area contributed by atoms with Crippen LogP contribution in [0.3, 0.4) is 0 Å². The first-order chi connectivity index (χ1) is 12.0. The molecule has 1 amide bonds. The number of benzene rings is 1. The molecule has 0 unspecified atom stereocenters. The molecule has 0 aliphatic carbocycles. The fraction of sp³-hybridized carbons (Fsp3) is 0.438. The maximum absolute atomic E-state index is 12.9. The number of nitrogens with one attached hydrogen (secondary N) is 2. The normalized spacial score (nSPS) is 12.1. The van der Waals surface area contributed by atoms with Crippen molar-refractivity contribution >= 4 is 17.7 Å². The van der Waals surface area contributed by atoms with Crippen LogP contribution in [-0.4, -0.2) is 39.6 Å². The first-order valence-corrected chi connectivity index (χ1v) is 8.72. The molecule has 2 rings (SSSR count). The third-order valence-corrected chi connectivity index (χ3v) is 4.57. The first kappa shape index (κ1) is 19.2. The smallest absolute Gasteiger partial charge is 0.343 e. The van der Waals surface area contributed by atoms with Gasteiger partial charge in [0.15, 0.2) is 5.16 Å². The van der Waals surface area contributed by atoms with Gasteiger partial charge in [-0.3, -0.25) is 9.36 Å². The highest BCUT2D eigenvalue weighted by molar-refractivity contribution is 8.00. The van der Waals surface area contributed by atoms with Gasteiger partial charge < -0.3 is 10.1 Å². The average Bonchev–Trinajstić information content (AvgIpc) is 2.94. The molecule has 0 bridgehead atoms. The molecule has 1 heterocycles. The molecule has 1 atom stereocenters. The van der Waals surface area contributed by atoms with E-state index in [4.69, 9.17) is 4.74 Å². The number of hydrogen-bond acceptors (Lipinski definition) is 5. The number of carbonyl (C=O) groups is 1. The number of thioether (sulfide) groups is 1. The largest absolute Gasteiger partial charge is 0.385 e. The third-order valence-electron chi connectivity index (χ3n) is 3.48. The van der Waals surface area contributed by atoms with E-state index in [0.717, 1.165) is 5.56 Å². The van der Waals surface area contributed by atoms with E-state index in [2.05, 4.69) is 15.5 Å². The molecule has 2 N–H and O–H groups in total. The van der Waals surface area contributed by atoms with Gasteiger partial charge in [-0.2, -0.15) is 0 Å². The Kier molecular flexibility index (Phi) is 7.20. The van der Waals surface area contributed by atoms with Crippen molar-refractivity contribution in [3.8, 4) is 0 Å². The lowest BCUT2D eigenvalue weighted by Gasteiger charge is -2.12. The maximum atomic E-state index is 12.9. The fourth-order valence-electron chi connectivity index (χ4n) is 2.10. The van der Waals surface area contributed by atoms with E-state index in [1.165, 1.54) is 28.5 Å². The van der Waals surface area contributed by atoms with Crippen LogP contribution < -0.4 is 11.0 Å². The minimum Gasteiger partial charge on any atom is -0.385 e. The van der Waals surface area contributed by atoms with E-state index in [1.807, 2.05) is 0 Å². The van der Waals surface area contributed by atoms with Crippen molar-refractivity contribution in [2.45, 2.75) is 36.8 Å². The van der Waals surface area contributed by atoms with Crippen LogP contribution in [0, 0.1) is 5.82 Å². The SMILES string of the molecule is COCCCn1c(S[C@@H](C)C(=O)NCc2ccc(F)cc2)n[nH]c1=O. The van der Waals surface area contributed by atoms with E-state index in [1.54, 1.807) is 26.2 Å². The van der Waals surface area contributed by atoms with Gasteiger partial charge in [-0.25, -0.2) is 14.3 Å². The lowest BCUT2D eigenvalue weighted by Crippen LogP contribution is -2.31. The van der Waals surface area contributed by atoms with E-state index < -0.39 is 5.25 Å². The highest BCUT2D eigenvalue weighted by Gasteiger charge is 2.18. The number of hydrogen-bond donors (Lipinski definition) is 2. The van der Waals surface area contributed by atoms with Gasteiger partial charge in [-0.15, -0.1) is 5.10 Å². The Labute approximate surface area is 149 Å². The predicted molar refractivity (Wildman–Crippen MR) is 92.9 cm³/mol. The molecule has 136 valence electrons. The average molecular weight is 368 g/mol. The van der Waals surface area contributed by atoms with Crippen molar-refractivity contribution in [1.29, 1.82) is 0 Å². The van der Waals surface area contributed by atoms with Gasteiger partial charge >= 0.3 is 5.69 Å². The van der Waals surface area contributed by atoms with Crippen LogP contribution in [0.2, 0.25) is 0 Å². The maximum Gasteiger partial charge on any atom is 0.343 e. The van der Waals surface area contributed by atoms with Gasteiger partial charge in [0.05, 0.1) is 5.25 Å². The Morgan fingerprint density at radius 2 is 2.16 bits per heavy atom. The summed E-state index contributed by atoms with van der Waals surface area (Å²) in [6.45, 7) is 3.05. The lowest BCUT2D eigenvalue weighted by atomic mass is 10.2. The van der Waals surface area contributed by atoms with Crippen molar-refractivity contribution in [2.24, 2.45) is 0 Å². The summed E-state index contributed by atoms with van der Waals surface area (Å²) in [5.74, 6) is -0.503. The van der Waals surface area contributed by atoms with Crippen LogP contribution in [0.4, 0.5) is 4.39 Å². The Morgan fingerprint density at radius 3 is 2.84 bits per heavy atom. The van der Waals surface area contributed by atoms with E-state index in [0.29, 0.717) is 31.3 Å². The second kappa shape index (κ2) is 9.38. The summed E-state index contributed by atoms with van der Waals surface area (Å²) in [6.07, 6.45) is 0.675. The number of amides is 1. The second-order valence-corrected chi connectivity index (χ2v) is 6.72. The highest BCUT2D eigenvalue weighted by atomic mass is 32.2. The van der Waals surface area contributed by atoms with Crippen LogP contribution in [-0.2, 0) is 22.6 Å². The first-order valence-electron chi connectivity index (χ1n) is 7.84. The van der Waals surface area contributed by atoms with Crippen molar-refractivity contribution < 1.29 is 13.9 Å². The van der Waals surface area contributed by atoms with Crippen molar-refractivity contribution in [2.75, 3.05) is 13.7 Å². The second-order valence-electron chi connectivity index (χ2n) is 5.41. The minimum atomic E-state index is -0.433. The minimum absolute atomic E-state index is 0.187. The molecule has 0 saturated heterocycles. The molecule has 25 heavy (non-hydrogen) atoms. The van der Waals surface area contributed by atoms with Crippen LogP contribution in [0.1, 0.15) is 18.9 Å². The molecule has 2 aromatic rings. The zero-order valence-electron chi connectivity index (χ0n) is 14.1. The van der Waals surface area contributed by atoms with Crippen molar-refractivity contribution in [3.05, 3.63) is 46.1 Å². The predicted octanol–water partition coefficient (Wildman–Crippen LogP) is 1.54. The van der Waals surface area contributed by atoms with Gasteiger partial charge in [-0.05, 0) is 31.0 Å². The number of halogens is 1. The number of ether oxygens (including phenoxy) is 1. The summed E-state index contributed by atoms with van der Waals surface area (Å²) in [6, 6.07) is 5.94. The van der Waals surface area contributed by atoms with E-state index >= 15 is 0 Å². The zero-order valence-corrected chi connectivity index (χ0v) is 14.9. The number of carbonyl (C=O) groups excluding carboxylic acids is 1. The van der Waals surface area contributed by atoms with Gasteiger partial charge in [-0.1, -0.05) is 23.9 Å². The zero-order chi connectivity index (χ0) is 18.2. The summed E-state index contributed by atoms with van der Waals surface area (Å²) in [4.78, 5) is 24.0. The lowest BCUT2D eigenvalue weighted by molar-refractivity contribution is -0.120. The van der Waals surface area contributed by atoms with Gasteiger partial charge in [0.2, 0.25) is 5.91 Å². The number of nitrogens with zero attached hydrogens (tertiary/aromatic N) is 2. The monoisotopic (exact) mass is 368 g/mol. The van der Waals surface area contributed by atoms with Crippen LogP contribution >= 0.6 is 11.8 Å². The van der Waals surface area contributed by atoms with Crippen LogP contribution in [0.15, 0.2) is 34.2 Å². The molecule has 0 aliphatic rings. The Balaban J connectivity index is 1.90. The summed E-state index contributed by atoms with van der Waals surface area (Å²) in [7, 11) is 1.60. The quantitative estimate of drug-likeness (QED) is 0.518.